The van der Waals surface area contributed by atoms with E-state index in [1.54, 1.807) is 6.33 Å². The third-order valence-electron chi connectivity index (χ3n) is 3.13. The Hall–Kier alpha value is -1.84. The van der Waals surface area contributed by atoms with Crippen LogP contribution < -0.4 is 11.1 Å². The number of nitrogens with one attached hydrogen (secondary N) is 1. The standard InChI is InChI=1S/C14H20N4/c1-3-5-11(4-2)18-14-12-7-6-10(15)8-13(12)16-9-17-14/h6-9,11H,3-5,15H2,1-2H3,(H,16,17,18). The van der Waals surface area contributed by atoms with E-state index in [1.165, 1.54) is 6.42 Å². The molecular formula is C14H20N4. The maximum atomic E-state index is 5.77. The van der Waals surface area contributed by atoms with Gasteiger partial charge in [-0.3, -0.25) is 0 Å². The molecule has 0 aliphatic heterocycles. The molecule has 2 rings (SSSR count). The lowest BCUT2D eigenvalue weighted by Gasteiger charge is -2.17. The van der Waals surface area contributed by atoms with Gasteiger partial charge in [0.15, 0.2) is 0 Å². The van der Waals surface area contributed by atoms with E-state index in [4.69, 9.17) is 5.73 Å². The molecule has 0 aliphatic rings. The predicted octanol–water partition coefficient (Wildman–Crippen LogP) is 3.20. The molecule has 1 heterocycles. The van der Waals surface area contributed by atoms with Crippen LogP contribution in [0.4, 0.5) is 11.5 Å². The van der Waals surface area contributed by atoms with Crippen LogP contribution in [0.15, 0.2) is 24.5 Å². The zero-order chi connectivity index (χ0) is 13.0. The van der Waals surface area contributed by atoms with Crippen molar-refractivity contribution in [3.05, 3.63) is 24.5 Å². The van der Waals surface area contributed by atoms with E-state index in [0.29, 0.717) is 6.04 Å². The highest BCUT2D eigenvalue weighted by molar-refractivity contribution is 5.90. The summed E-state index contributed by atoms with van der Waals surface area (Å²) in [5.74, 6) is 0.903. The first kappa shape index (κ1) is 12.6. The largest absolute Gasteiger partial charge is 0.399 e. The van der Waals surface area contributed by atoms with Crippen molar-refractivity contribution in [2.75, 3.05) is 11.1 Å². The van der Waals surface area contributed by atoms with Crippen molar-refractivity contribution in [1.29, 1.82) is 0 Å². The van der Waals surface area contributed by atoms with Gasteiger partial charge >= 0.3 is 0 Å². The molecule has 1 atom stereocenters. The third-order valence-corrected chi connectivity index (χ3v) is 3.13. The molecule has 18 heavy (non-hydrogen) atoms. The molecule has 1 aromatic carbocycles. The number of anilines is 2. The summed E-state index contributed by atoms with van der Waals surface area (Å²) in [4.78, 5) is 8.59. The quantitative estimate of drug-likeness (QED) is 0.793. The second kappa shape index (κ2) is 5.67. The SMILES string of the molecule is CCCC(CC)Nc1ncnc2cc(N)ccc12. The van der Waals surface area contributed by atoms with Gasteiger partial charge in [-0.15, -0.1) is 0 Å². The van der Waals surface area contributed by atoms with Crippen LogP contribution in [0.3, 0.4) is 0 Å². The van der Waals surface area contributed by atoms with E-state index in [1.807, 2.05) is 18.2 Å². The summed E-state index contributed by atoms with van der Waals surface area (Å²) in [6.45, 7) is 4.39. The molecule has 0 bridgehead atoms. The van der Waals surface area contributed by atoms with Gasteiger partial charge in [0.1, 0.15) is 12.1 Å². The summed E-state index contributed by atoms with van der Waals surface area (Å²) in [5, 5.41) is 4.53. The highest BCUT2D eigenvalue weighted by Gasteiger charge is 2.09. The van der Waals surface area contributed by atoms with Crippen molar-refractivity contribution in [2.45, 2.75) is 39.2 Å². The first-order valence-corrected chi connectivity index (χ1v) is 6.51. The van der Waals surface area contributed by atoms with Crippen molar-refractivity contribution < 1.29 is 0 Å². The normalized spacial score (nSPS) is 12.6. The van der Waals surface area contributed by atoms with Gasteiger partial charge in [0, 0.05) is 17.1 Å². The van der Waals surface area contributed by atoms with Crippen LogP contribution in [0, 0.1) is 0 Å². The zero-order valence-corrected chi connectivity index (χ0v) is 11.0. The fourth-order valence-electron chi connectivity index (χ4n) is 2.11. The summed E-state index contributed by atoms with van der Waals surface area (Å²) < 4.78 is 0. The number of nitrogens with two attached hydrogens (primary N) is 1. The average molecular weight is 244 g/mol. The van der Waals surface area contributed by atoms with Gasteiger partial charge in [0.05, 0.1) is 5.52 Å². The number of rotatable bonds is 5. The van der Waals surface area contributed by atoms with Gasteiger partial charge < -0.3 is 11.1 Å². The molecule has 0 saturated carbocycles. The maximum Gasteiger partial charge on any atom is 0.137 e. The molecule has 1 aromatic heterocycles. The fraction of sp³-hybridized carbons (Fsp3) is 0.429. The molecule has 0 fully saturated rings. The number of benzene rings is 1. The molecular weight excluding hydrogens is 224 g/mol. The number of aromatic nitrogens is 2. The van der Waals surface area contributed by atoms with Gasteiger partial charge in [0.2, 0.25) is 0 Å². The molecule has 0 aliphatic carbocycles. The summed E-state index contributed by atoms with van der Waals surface area (Å²) in [7, 11) is 0. The second-order valence-corrected chi connectivity index (χ2v) is 4.54. The highest BCUT2D eigenvalue weighted by atomic mass is 15.0. The Kier molecular flexibility index (Phi) is 3.97. The minimum atomic E-state index is 0.464. The molecule has 4 nitrogen and oxygen atoms in total. The van der Waals surface area contributed by atoms with Gasteiger partial charge in [-0.25, -0.2) is 9.97 Å². The predicted molar refractivity (Wildman–Crippen MR) is 76.6 cm³/mol. The topological polar surface area (TPSA) is 63.8 Å². The van der Waals surface area contributed by atoms with E-state index in [9.17, 15) is 0 Å². The van der Waals surface area contributed by atoms with E-state index in [2.05, 4.69) is 29.1 Å². The van der Waals surface area contributed by atoms with Gasteiger partial charge in [0.25, 0.3) is 0 Å². The fourth-order valence-corrected chi connectivity index (χ4v) is 2.11. The minimum Gasteiger partial charge on any atom is -0.399 e. The smallest absolute Gasteiger partial charge is 0.137 e. The molecule has 96 valence electrons. The van der Waals surface area contributed by atoms with E-state index in [0.717, 1.165) is 35.2 Å². The van der Waals surface area contributed by atoms with Crippen LogP contribution in [0.1, 0.15) is 33.1 Å². The Bertz CT molecular complexity index is 524. The summed E-state index contributed by atoms with van der Waals surface area (Å²) >= 11 is 0. The van der Waals surface area contributed by atoms with E-state index < -0.39 is 0 Å². The Morgan fingerprint density at radius 1 is 1.28 bits per heavy atom. The lowest BCUT2D eigenvalue weighted by atomic mass is 10.1. The molecule has 0 spiro atoms. The Labute approximate surface area is 108 Å². The lowest BCUT2D eigenvalue weighted by Crippen LogP contribution is -2.19. The monoisotopic (exact) mass is 244 g/mol. The molecule has 0 radical (unpaired) electrons. The van der Waals surface area contributed by atoms with Crippen molar-refractivity contribution in [3.63, 3.8) is 0 Å². The van der Waals surface area contributed by atoms with Crippen molar-refractivity contribution in [2.24, 2.45) is 0 Å². The molecule has 0 saturated heterocycles. The molecule has 1 unspecified atom stereocenters. The second-order valence-electron chi connectivity index (χ2n) is 4.54. The first-order valence-electron chi connectivity index (χ1n) is 6.51. The van der Waals surface area contributed by atoms with Crippen LogP contribution in [0.5, 0.6) is 0 Å². The number of fused-ring (bicyclic) bond motifs is 1. The first-order chi connectivity index (χ1) is 8.74. The van der Waals surface area contributed by atoms with Gasteiger partial charge in [-0.05, 0) is 31.0 Å². The number of hydrogen-bond acceptors (Lipinski definition) is 4. The van der Waals surface area contributed by atoms with Gasteiger partial charge in [-0.1, -0.05) is 20.3 Å². The van der Waals surface area contributed by atoms with Crippen molar-refractivity contribution in [3.8, 4) is 0 Å². The lowest BCUT2D eigenvalue weighted by molar-refractivity contribution is 0.621. The molecule has 0 amide bonds. The number of hydrogen-bond donors (Lipinski definition) is 2. The van der Waals surface area contributed by atoms with Crippen LogP contribution >= 0.6 is 0 Å². The summed E-state index contributed by atoms with van der Waals surface area (Å²) in [6, 6.07) is 6.21. The van der Waals surface area contributed by atoms with Gasteiger partial charge in [-0.2, -0.15) is 0 Å². The van der Waals surface area contributed by atoms with Crippen LogP contribution in [0.25, 0.3) is 10.9 Å². The van der Waals surface area contributed by atoms with E-state index >= 15 is 0 Å². The highest BCUT2D eigenvalue weighted by Crippen LogP contribution is 2.22. The third kappa shape index (κ3) is 2.70. The van der Waals surface area contributed by atoms with Crippen LogP contribution in [-0.4, -0.2) is 16.0 Å². The minimum absolute atomic E-state index is 0.464. The Balaban J connectivity index is 2.32. The molecule has 3 N–H and O–H groups in total. The zero-order valence-electron chi connectivity index (χ0n) is 11.0. The van der Waals surface area contributed by atoms with Crippen LogP contribution in [0.2, 0.25) is 0 Å². The Morgan fingerprint density at radius 2 is 2.11 bits per heavy atom. The number of nitrogens with zero attached hydrogens (tertiary/aromatic N) is 2. The molecule has 2 aromatic rings. The molecule has 4 heteroatoms. The maximum absolute atomic E-state index is 5.77. The van der Waals surface area contributed by atoms with Crippen molar-refractivity contribution in [1.82, 2.24) is 9.97 Å². The Morgan fingerprint density at radius 3 is 2.83 bits per heavy atom. The number of nitrogen functional groups attached to an aromatic ring is 1. The van der Waals surface area contributed by atoms with Crippen LogP contribution in [-0.2, 0) is 0 Å². The average Bonchev–Trinajstić information content (AvgIpc) is 2.38. The summed E-state index contributed by atoms with van der Waals surface area (Å²) in [5.41, 5.74) is 7.39. The van der Waals surface area contributed by atoms with E-state index in [-0.39, 0.29) is 0 Å². The van der Waals surface area contributed by atoms with Crippen molar-refractivity contribution >= 4 is 22.4 Å². The summed E-state index contributed by atoms with van der Waals surface area (Å²) in [6.07, 6.45) is 5.00.